The molecule has 0 saturated heterocycles. The molecule has 2 amide bonds. The summed E-state index contributed by atoms with van der Waals surface area (Å²) in [4.78, 5) is 21.9. The number of nitrogens with one attached hydrogen (secondary N) is 2. The zero-order valence-electron chi connectivity index (χ0n) is 8.62. The molecule has 0 radical (unpaired) electrons. The highest BCUT2D eigenvalue weighted by atomic mass is 16.5. The van der Waals surface area contributed by atoms with Crippen LogP contribution in [0.2, 0.25) is 0 Å². The first-order valence-electron chi connectivity index (χ1n) is 4.72. The Morgan fingerprint density at radius 3 is 1.67 bits per heavy atom. The lowest BCUT2D eigenvalue weighted by Crippen LogP contribution is -2.35. The van der Waals surface area contributed by atoms with E-state index in [0.717, 1.165) is 0 Å². The molecule has 88 valence electrons. The number of hydrogen-bond acceptors (Lipinski definition) is 5. The standard InChI is InChI=1S/C8H18N4O3/c9-1-3-11-7(13)5-15-6-8(14)12-4-2-10/h1-6,9-10H2,(H,11,13)(H,12,14). The molecule has 0 spiro atoms. The topological polar surface area (TPSA) is 119 Å². The largest absolute Gasteiger partial charge is 0.362 e. The number of ether oxygens (including phenoxy) is 1. The first-order chi connectivity index (χ1) is 7.20. The number of nitrogens with two attached hydrogens (primary N) is 2. The SMILES string of the molecule is NCCNC(=O)COCC(=O)NCCN. The third-order valence-corrected chi connectivity index (χ3v) is 1.40. The van der Waals surface area contributed by atoms with E-state index in [1.165, 1.54) is 0 Å². The van der Waals surface area contributed by atoms with Gasteiger partial charge in [0.1, 0.15) is 13.2 Å². The summed E-state index contributed by atoms with van der Waals surface area (Å²) >= 11 is 0. The number of hydrogen-bond donors (Lipinski definition) is 4. The van der Waals surface area contributed by atoms with Gasteiger partial charge in [-0.1, -0.05) is 0 Å². The number of carbonyl (C=O) groups is 2. The van der Waals surface area contributed by atoms with Crippen LogP contribution in [0.25, 0.3) is 0 Å². The van der Waals surface area contributed by atoms with Crippen molar-refractivity contribution in [2.24, 2.45) is 11.5 Å². The minimum absolute atomic E-state index is 0.143. The molecule has 0 bridgehead atoms. The molecule has 0 atom stereocenters. The summed E-state index contributed by atoms with van der Waals surface area (Å²) in [7, 11) is 0. The monoisotopic (exact) mass is 218 g/mol. The van der Waals surface area contributed by atoms with E-state index in [9.17, 15) is 9.59 Å². The van der Waals surface area contributed by atoms with E-state index < -0.39 is 0 Å². The second kappa shape index (κ2) is 9.38. The zero-order chi connectivity index (χ0) is 11.5. The van der Waals surface area contributed by atoms with Crippen molar-refractivity contribution in [2.45, 2.75) is 0 Å². The second-order valence-electron chi connectivity index (χ2n) is 2.77. The first kappa shape index (κ1) is 13.8. The van der Waals surface area contributed by atoms with Gasteiger partial charge in [-0.15, -0.1) is 0 Å². The lowest BCUT2D eigenvalue weighted by atomic mass is 10.5. The summed E-state index contributed by atoms with van der Waals surface area (Å²) in [6, 6.07) is 0. The van der Waals surface area contributed by atoms with Crippen LogP contribution < -0.4 is 22.1 Å². The third kappa shape index (κ3) is 9.13. The summed E-state index contributed by atoms with van der Waals surface area (Å²) in [6.45, 7) is 1.28. The number of amides is 2. The van der Waals surface area contributed by atoms with Crippen LogP contribution in [-0.2, 0) is 14.3 Å². The number of rotatable bonds is 8. The van der Waals surface area contributed by atoms with Gasteiger partial charge in [0.05, 0.1) is 0 Å². The maximum Gasteiger partial charge on any atom is 0.246 e. The fourth-order valence-electron chi connectivity index (χ4n) is 0.762. The van der Waals surface area contributed by atoms with Crippen LogP contribution in [0, 0.1) is 0 Å². The van der Waals surface area contributed by atoms with Gasteiger partial charge in [-0.25, -0.2) is 0 Å². The molecular formula is C8H18N4O3. The molecule has 0 unspecified atom stereocenters. The van der Waals surface area contributed by atoms with Crippen molar-refractivity contribution >= 4 is 11.8 Å². The lowest BCUT2D eigenvalue weighted by molar-refractivity contribution is -0.130. The summed E-state index contributed by atoms with van der Waals surface area (Å²) in [5, 5.41) is 5.02. The van der Waals surface area contributed by atoms with Gasteiger partial charge in [0.2, 0.25) is 11.8 Å². The molecule has 0 fully saturated rings. The second-order valence-corrected chi connectivity index (χ2v) is 2.77. The lowest BCUT2D eigenvalue weighted by Gasteiger charge is -2.05. The minimum Gasteiger partial charge on any atom is -0.362 e. The predicted molar refractivity (Wildman–Crippen MR) is 54.9 cm³/mol. The third-order valence-electron chi connectivity index (χ3n) is 1.40. The van der Waals surface area contributed by atoms with Crippen molar-refractivity contribution in [3.8, 4) is 0 Å². The smallest absolute Gasteiger partial charge is 0.246 e. The van der Waals surface area contributed by atoms with Gasteiger partial charge in [-0.3, -0.25) is 9.59 Å². The fraction of sp³-hybridized carbons (Fsp3) is 0.750. The summed E-state index contributed by atoms with van der Waals surface area (Å²) < 4.78 is 4.85. The molecule has 0 aromatic heterocycles. The Balaban J connectivity index is 3.36. The molecule has 0 aliphatic carbocycles. The molecule has 7 heteroatoms. The van der Waals surface area contributed by atoms with Crippen molar-refractivity contribution < 1.29 is 14.3 Å². The van der Waals surface area contributed by atoms with Gasteiger partial charge in [0.15, 0.2) is 0 Å². The van der Waals surface area contributed by atoms with Crippen LogP contribution in [0.15, 0.2) is 0 Å². The highest BCUT2D eigenvalue weighted by molar-refractivity contribution is 5.79. The molecule has 7 nitrogen and oxygen atoms in total. The molecule has 6 N–H and O–H groups in total. The van der Waals surface area contributed by atoms with E-state index >= 15 is 0 Å². The van der Waals surface area contributed by atoms with Gasteiger partial charge < -0.3 is 26.8 Å². The Kier molecular flexibility index (Phi) is 8.64. The van der Waals surface area contributed by atoms with Gasteiger partial charge in [0, 0.05) is 26.2 Å². The average Bonchev–Trinajstić information content (AvgIpc) is 2.23. The Bertz CT molecular complexity index is 178. The van der Waals surface area contributed by atoms with Crippen molar-refractivity contribution in [3.63, 3.8) is 0 Å². The molecule has 0 rings (SSSR count). The van der Waals surface area contributed by atoms with Crippen LogP contribution in [0.3, 0.4) is 0 Å². The Hall–Kier alpha value is -1.18. The van der Waals surface area contributed by atoms with E-state index in [1.807, 2.05) is 0 Å². The Morgan fingerprint density at radius 1 is 0.933 bits per heavy atom. The van der Waals surface area contributed by atoms with Gasteiger partial charge in [0.25, 0.3) is 0 Å². The normalized spacial score (nSPS) is 9.73. The fourth-order valence-corrected chi connectivity index (χ4v) is 0.762. The average molecular weight is 218 g/mol. The van der Waals surface area contributed by atoms with Crippen LogP contribution in [0.1, 0.15) is 0 Å². The molecular weight excluding hydrogens is 200 g/mol. The van der Waals surface area contributed by atoms with Gasteiger partial charge in [-0.05, 0) is 0 Å². The first-order valence-corrected chi connectivity index (χ1v) is 4.72. The molecule has 0 heterocycles. The maximum absolute atomic E-state index is 11.0. The number of carbonyl (C=O) groups excluding carboxylic acids is 2. The van der Waals surface area contributed by atoms with E-state index in [1.54, 1.807) is 0 Å². The Labute approximate surface area is 88.5 Å². The molecule has 0 aromatic carbocycles. The molecule has 0 aromatic rings. The summed E-state index contributed by atoms with van der Waals surface area (Å²) in [5.74, 6) is -0.570. The highest BCUT2D eigenvalue weighted by Gasteiger charge is 2.03. The summed E-state index contributed by atoms with van der Waals surface area (Å²) in [5.41, 5.74) is 10.4. The van der Waals surface area contributed by atoms with E-state index in [-0.39, 0.29) is 25.0 Å². The summed E-state index contributed by atoms with van der Waals surface area (Å²) in [6.07, 6.45) is 0. The molecule has 0 aliphatic heterocycles. The van der Waals surface area contributed by atoms with E-state index in [2.05, 4.69) is 10.6 Å². The van der Waals surface area contributed by atoms with Crippen LogP contribution in [0.4, 0.5) is 0 Å². The van der Waals surface area contributed by atoms with Gasteiger partial charge in [-0.2, -0.15) is 0 Å². The molecule has 15 heavy (non-hydrogen) atoms. The highest BCUT2D eigenvalue weighted by Crippen LogP contribution is 1.76. The zero-order valence-corrected chi connectivity index (χ0v) is 8.62. The quantitative estimate of drug-likeness (QED) is 0.349. The molecule has 0 saturated carbocycles. The minimum atomic E-state index is -0.285. The van der Waals surface area contributed by atoms with Crippen molar-refractivity contribution in [1.29, 1.82) is 0 Å². The van der Waals surface area contributed by atoms with Crippen molar-refractivity contribution in [2.75, 3.05) is 39.4 Å². The van der Waals surface area contributed by atoms with Crippen LogP contribution in [-0.4, -0.2) is 51.2 Å². The van der Waals surface area contributed by atoms with Crippen LogP contribution in [0.5, 0.6) is 0 Å². The van der Waals surface area contributed by atoms with Gasteiger partial charge >= 0.3 is 0 Å². The van der Waals surface area contributed by atoms with Crippen molar-refractivity contribution in [3.05, 3.63) is 0 Å². The maximum atomic E-state index is 11.0. The van der Waals surface area contributed by atoms with Crippen LogP contribution >= 0.6 is 0 Å². The van der Waals surface area contributed by atoms with E-state index in [0.29, 0.717) is 26.2 Å². The Morgan fingerprint density at radius 2 is 1.33 bits per heavy atom. The van der Waals surface area contributed by atoms with Crippen molar-refractivity contribution in [1.82, 2.24) is 10.6 Å². The molecule has 0 aliphatic rings. The predicted octanol–water partition coefficient (Wildman–Crippen LogP) is -2.85. The van der Waals surface area contributed by atoms with E-state index in [4.69, 9.17) is 16.2 Å².